The van der Waals surface area contributed by atoms with Crippen LogP contribution in [0, 0.1) is 0 Å². The monoisotopic (exact) mass is 394 g/mol. The van der Waals surface area contributed by atoms with E-state index in [9.17, 15) is 31.5 Å². The van der Waals surface area contributed by atoms with E-state index >= 15 is 0 Å². The van der Waals surface area contributed by atoms with E-state index in [2.05, 4.69) is 9.47 Å². The molecule has 0 aliphatic carbocycles. The highest BCUT2D eigenvalue weighted by molar-refractivity contribution is 6.19. The summed E-state index contributed by atoms with van der Waals surface area (Å²) in [5.41, 5.74) is -0.723. The van der Waals surface area contributed by atoms with E-state index in [1.807, 2.05) is 0 Å². The normalized spacial score (nSPS) is 20.7. The summed E-state index contributed by atoms with van der Waals surface area (Å²) in [6, 6.07) is 6.97. The Hall–Kier alpha value is -2.65. The third kappa shape index (κ3) is 3.47. The van der Waals surface area contributed by atoms with Crippen LogP contribution in [0.2, 0.25) is 0 Å². The first kappa shape index (κ1) is 20.7. The van der Waals surface area contributed by atoms with Gasteiger partial charge in [0.2, 0.25) is 5.76 Å². The van der Waals surface area contributed by atoms with Gasteiger partial charge in [0, 0.05) is 6.92 Å². The Morgan fingerprint density at radius 3 is 2.11 bits per heavy atom. The van der Waals surface area contributed by atoms with E-state index in [0.717, 1.165) is 0 Å². The van der Waals surface area contributed by atoms with E-state index in [4.69, 9.17) is 4.74 Å². The molecule has 1 aliphatic heterocycles. The molecule has 10 heteroatoms. The van der Waals surface area contributed by atoms with Crippen molar-refractivity contribution >= 4 is 17.5 Å². The Morgan fingerprint density at radius 1 is 1.11 bits per heavy atom. The van der Waals surface area contributed by atoms with Crippen LogP contribution in [0.5, 0.6) is 0 Å². The number of alkyl halides is 5. The van der Waals surface area contributed by atoms with Crippen LogP contribution >= 0.6 is 0 Å². The zero-order valence-electron chi connectivity index (χ0n) is 14.4. The van der Waals surface area contributed by atoms with Crippen molar-refractivity contribution in [3.8, 4) is 0 Å². The van der Waals surface area contributed by atoms with Crippen molar-refractivity contribution in [1.29, 1.82) is 0 Å². The average molecular weight is 394 g/mol. The summed E-state index contributed by atoms with van der Waals surface area (Å²) in [6.45, 7) is 3.28. The van der Waals surface area contributed by atoms with Crippen molar-refractivity contribution in [1.82, 2.24) is 0 Å². The van der Waals surface area contributed by atoms with Crippen LogP contribution in [0.4, 0.5) is 22.0 Å². The molecule has 0 saturated heterocycles. The van der Waals surface area contributed by atoms with Crippen LogP contribution in [-0.2, 0) is 23.8 Å². The Balaban J connectivity index is 2.84. The molecule has 1 aliphatic rings. The number of hydrogen-bond acceptors (Lipinski definition) is 5. The lowest BCUT2D eigenvalue weighted by molar-refractivity contribution is -0.385. The molecule has 1 heterocycles. The van der Waals surface area contributed by atoms with E-state index < -0.39 is 47.3 Å². The fourth-order valence-corrected chi connectivity index (χ4v) is 2.44. The van der Waals surface area contributed by atoms with E-state index in [1.165, 1.54) is 44.2 Å². The van der Waals surface area contributed by atoms with Gasteiger partial charge in [0.05, 0.1) is 6.10 Å². The molecule has 1 aromatic rings. The number of esters is 2. The summed E-state index contributed by atoms with van der Waals surface area (Å²) in [4.78, 5) is 23.7. The Morgan fingerprint density at radius 2 is 1.67 bits per heavy atom. The minimum Gasteiger partial charge on any atom is -0.486 e. The second kappa shape index (κ2) is 6.82. The van der Waals surface area contributed by atoms with Gasteiger partial charge in [0.15, 0.2) is 0 Å². The molecule has 2 rings (SSSR count). The standard InChI is InChI=1S/C17H15F5O5/c1-9(2)25-13-12(11-7-5-4-6-8-11)14(24)27-15(13,26-10(3)23)16(18,19)17(20,21)22/h4-9H,1-3H3. The third-order valence-corrected chi connectivity index (χ3v) is 3.44. The topological polar surface area (TPSA) is 61.8 Å². The van der Waals surface area contributed by atoms with E-state index in [0.29, 0.717) is 6.92 Å². The number of rotatable bonds is 5. The zero-order chi connectivity index (χ0) is 20.6. The SMILES string of the molecule is CC(=O)OC1(C(F)(F)C(F)(F)F)OC(=O)C(c2ccccc2)=C1OC(C)C. The highest BCUT2D eigenvalue weighted by Crippen LogP contribution is 2.54. The summed E-state index contributed by atoms with van der Waals surface area (Å²) >= 11 is 0. The van der Waals surface area contributed by atoms with Crippen molar-refractivity contribution < 1.29 is 45.8 Å². The molecule has 1 atom stereocenters. The number of benzene rings is 1. The number of cyclic esters (lactones) is 1. The number of hydrogen-bond donors (Lipinski definition) is 0. The summed E-state index contributed by atoms with van der Waals surface area (Å²) in [5.74, 6) is -14.2. The fourth-order valence-electron chi connectivity index (χ4n) is 2.44. The van der Waals surface area contributed by atoms with Crippen molar-refractivity contribution in [2.75, 3.05) is 0 Å². The molecule has 27 heavy (non-hydrogen) atoms. The van der Waals surface area contributed by atoms with Crippen molar-refractivity contribution in [2.45, 2.75) is 44.8 Å². The van der Waals surface area contributed by atoms with Crippen molar-refractivity contribution in [3.05, 3.63) is 41.7 Å². The van der Waals surface area contributed by atoms with Crippen LogP contribution in [0.3, 0.4) is 0 Å². The predicted octanol–water partition coefficient (Wildman–Crippen LogP) is 3.84. The molecular formula is C17H15F5O5. The minimum atomic E-state index is -6.21. The molecule has 0 bridgehead atoms. The molecule has 0 spiro atoms. The van der Waals surface area contributed by atoms with E-state index in [1.54, 1.807) is 0 Å². The van der Waals surface area contributed by atoms with Crippen LogP contribution in [0.15, 0.2) is 36.1 Å². The molecule has 0 saturated carbocycles. The van der Waals surface area contributed by atoms with Crippen LogP contribution in [-0.4, -0.2) is 35.9 Å². The van der Waals surface area contributed by atoms with Gasteiger partial charge in [0.25, 0.3) is 0 Å². The molecule has 1 aromatic carbocycles. The molecule has 0 N–H and O–H groups in total. The molecule has 1 unspecified atom stereocenters. The molecule has 0 aromatic heterocycles. The van der Waals surface area contributed by atoms with Crippen molar-refractivity contribution in [3.63, 3.8) is 0 Å². The number of ether oxygens (including phenoxy) is 3. The molecule has 148 valence electrons. The predicted molar refractivity (Wildman–Crippen MR) is 81.2 cm³/mol. The molecular weight excluding hydrogens is 379 g/mol. The van der Waals surface area contributed by atoms with Gasteiger partial charge >= 0.3 is 29.8 Å². The lowest BCUT2D eigenvalue weighted by Crippen LogP contribution is -2.61. The second-order valence-electron chi connectivity index (χ2n) is 5.91. The van der Waals surface area contributed by atoms with Gasteiger partial charge in [-0.1, -0.05) is 30.3 Å². The Kier molecular flexibility index (Phi) is 5.22. The minimum absolute atomic E-state index is 0.0369. The molecule has 0 fully saturated rings. The van der Waals surface area contributed by atoms with Gasteiger partial charge in [-0.05, 0) is 19.4 Å². The Labute approximate surface area is 150 Å². The lowest BCUT2D eigenvalue weighted by atomic mass is 9.99. The van der Waals surface area contributed by atoms with Gasteiger partial charge in [-0.3, -0.25) is 4.79 Å². The molecule has 0 radical (unpaired) electrons. The number of carbonyl (C=O) groups is 2. The van der Waals surface area contributed by atoms with Crippen LogP contribution in [0.1, 0.15) is 26.3 Å². The average Bonchev–Trinajstić information content (AvgIpc) is 2.78. The van der Waals surface area contributed by atoms with Gasteiger partial charge < -0.3 is 14.2 Å². The molecule has 5 nitrogen and oxygen atoms in total. The van der Waals surface area contributed by atoms with Gasteiger partial charge in [-0.15, -0.1) is 0 Å². The fraction of sp³-hybridized carbons (Fsp3) is 0.412. The third-order valence-electron chi connectivity index (χ3n) is 3.44. The smallest absolute Gasteiger partial charge is 0.462 e. The van der Waals surface area contributed by atoms with Crippen LogP contribution in [0.25, 0.3) is 5.57 Å². The van der Waals surface area contributed by atoms with Crippen LogP contribution < -0.4 is 0 Å². The maximum absolute atomic E-state index is 14.4. The highest BCUT2D eigenvalue weighted by Gasteiger charge is 2.80. The number of carbonyl (C=O) groups excluding carboxylic acids is 2. The first-order chi connectivity index (χ1) is 12.3. The van der Waals surface area contributed by atoms with Gasteiger partial charge in [-0.2, -0.15) is 22.0 Å². The summed E-state index contributed by atoms with van der Waals surface area (Å²) in [5, 5.41) is 0. The molecule has 0 amide bonds. The van der Waals surface area contributed by atoms with Crippen molar-refractivity contribution in [2.24, 2.45) is 0 Å². The first-order valence-corrected chi connectivity index (χ1v) is 7.67. The Bertz CT molecular complexity index is 770. The van der Waals surface area contributed by atoms with E-state index in [-0.39, 0.29) is 5.56 Å². The maximum atomic E-state index is 14.4. The number of halogens is 5. The maximum Gasteiger partial charge on any atom is 0.462 e. The highest BCUT2D eigenvalue weighted by atomic mass is 19.4. The van der Waals surface area contributed by atoms with Gasteiger partial charge in [-0.25, -0.2) is 4.79 Å². The zero-order valence-corrected chi connectivity index (χ0v) is 14.4. The first-order valence-electron chi connectivity index (χ1n) is 7.67. The second-order valence-corrected chi connectivity index (χ2v) is 5.91. The quantitative estimate of drug-likeness (QED) is 0.561. The largest absolute Gasteiger partial charge is 0.486 e. The van der Waals surface area contributed by atoms with Gasteiger partial charge in [0.1, 0.15) is 5.57 Å². The summed E-state index contributed by atoms with van der Waals surface area (Å²) < 4.78 is 82.0. The summed E-state index contributed by atoms with van der Waals surface area (Å²) in [7, 11) is 0. The lowest BCUT2D eigenvalue weighted by Gasteiger charge is -2.36. The summed E-state index contributed by atoms with van der Waals surface area (Å²) in [6.07, 6.45) is -7.15.